The minimum absolute atomic E-state index is 0.196. The SMILES string of the molecule is C[C@H](O)Cn1c(NCc2ccccc2)nc2c1c(=O)n(C)c(=O)n2C. The first-order valence-corrected chi connectivity index (χ1v) is 8.02. The number of nitrogens with one attached hydrogen (secondary N) is 1. The molecule has 0 aliphatic carbocycles. The number of aliphatic hydroxyl groups is 1. The highest BCUT2D eigenvalue weighted by Gasteiger charge is 2.19. The Morgan fingerprint density at radius 2 is 1.84 bits per heavy atom. The number of fused-ring (bicyclic) bond motifs is 1. The standard InChI is InChI=1S/C17H21N5O3/c1-11(23)10-22-13-14(20(2)17(25)21(3)15(13)24)19-16(22)18-9-12-7-5-4-6-8-12/h4-8,11,23H,9-10H2,1-3H3,(H,18,19)/t11-/m0/s1. The Kier molecular flexibility index (Phi) is 4.45. The lowest BCUT2D eigenvalue weighted by Crippen LogP contribution is -2.37. The Hall–Kier alpha value is -2.87. The van der Waals surface area contributed by atoms with Crippen LogP contribution in [-0.2, 0) is 27.2 Å². The van der Waals surface area contributed by atoms with Crippen molar-refractivity contribution in [3.8, 4) is 0 Å². The van der Waals surface area contributed by atoms with Crippen LogP contribution >= 0.6 is 0 Å². The largest absolute Gasteiger partial charge is 0.392 e. The van der Waals surface area contributed by atoms with E-state index in [9.17, 15) is 14.7 Å². The first-order chi connectivity index (χ1) is 11.9. The fraction of sp³-hybridized carbons (Fsp3) is 0.353. The highest BCUT2D eigenvalue weighted by Crippen LogP contribution is 2.17. The number of nitrogens with zero attached hydrogens (tertiary/aromatic N) is 4. The lowest BCUT2D eigenvalue weighted by molar-refractivity contribution is 0.175. The molecule has 1 aromatic carbocycles. The summed E-state index contributed by atoms with van der Waals surface area (Å²) in [5.74, 6) is 0.443. The molecule has 25 heavy (non-hydrogen) atoms. The third-order valence-electron chi connectivity index (χ3n) is 4.09. The van der Waals surface area contributed by atoms with Gasteiger partial charge in [-0.3, -0.25) is 13.9 Å². The molecule has 1 atom stereocenters. The van der Waals surface area contributed by atoms with Crippen LogP contribution in [0, 0.1) is 0 Å². The molecular weight excluding hydrogens is 322 g/mol. The van der Waals surface area contributed by atoms with Crippen molar-refractivity contribution in [2.45, 2.75) is 26.1 Å². The third kappa shape index (κ3) is 3.08. The number of imidazole rings is 1. The van der Waals surface area contributed by atoms with Crippen molar-refractivity contribution in [2.75, 3.05) is 5.32 Å². The summed E-state index contributed by atoms with van der Waals surface area (Å²) in [4.78, 5) is 29.1. The van der Waals surface area contributed by atoms with Crippen LogP contribution in [-0.4, -0.2) is 29.9 Å². The molecule has 0 radical (unpaired) electrons. The van der Waals surface area contributed by atoms with E-state index in [1.807, 2.05) is 30.3 Å². The molecule has 0 bridgehead atoms. The van der Waals surface area contributed by atoms with Crippen molar-refractivity contribution in [1.82, 2.24) is 18.7 Å². The normalized spacial score (nSPS) is 12.5. The Balaban J connectivity index is 2.14. The van der Waals surface area contributed by atoms with E-state index in [1.54, 1.807) is 18.5 Å². The van der Waals surface area contributed by atoms with E-state index in [2.05, 4.69) is 10.3 Å². The number of benzene rings is 1. The fourth-order valence-electron chi connectivity index (χ4n) is 2.80. The van der Waals surface area contributed by atoms with Crippen LogP contribution in [0.3, 0.4) is 0 Å². The lowest BCUT2D eigenvalue weighted by Gasteiger charge is -2.12. The van der Waals surface area contributed by atoms with Crippen molar-refractivity contribution in [3.05, 3.63) is 56.7 Å². The topological polar surface area (TPSA) is 94.1 Å². The summed E-state index contributed by atoms with van der Waals surface area (Å²) >= 11 is 0. The summed E-state index contributed by atoms with van der Waals surface area (Å²) in [5, 5.41) is 13.0. The van der Waals surface area contributed by atoms with E-state index in [-0.39, 0.29) is 6.54 Å². The molecule has 0 unspecified atom stereocenters. The van der Waals surface area contributed by atoms with Crippen LogP contribution in [0.15, 0.2) is 39.9 Å². The average molecular weight is 343 g/mol. The number of anilines is 1. The Morgan fingerprint density at radius 1 is 1.16 bits per heavy atom. The molecule has 2 aromatic heterocycles. The maximum absolute atomic E-state index is 12.6. The minimum atomic E-state index is -0.670. The third-order valence-corrected chi connectivity index (χ3v) is 4.09. The molecule has 0 saturated heterocycles. The first-order valence-electron chi connectivity index (χ1n) is 8.02. The van der Waals surface area contributed by atoms with Gasteiger partial charge >= 0.3 is 5.69 Å². The van der Waals surface area contributed by atoms with Crippen molar-refractivity contribution >= 4 is 17.1 Å². The highest BCUT2D eigenvalue weighted by molar-refractivity contribution is 5.74. The van der Waals surface area contributed by atoms with Gasteiger partial charge < -0.3 is 15.0 Å². The van der Waals surface area contributed by atoms with E-state index in [1.165, 1.54) is 11.6 Å². The molecule has 0 amide bonds. The molecule has 3 rings (SSSR count). The monoisotopic (exact) mass is 343 g/mol. The maximum atomic E-state index is 12.6. The summed E-state index contributed by atoms with van der Waals surface area (Å²) in [6.07, 6.45) is -0.670. The maximum Gasteiger partial charge on any atom is 0.332 e. The predicted octanol–water partition coefficient (Wildman–Crippen LogP) is 0.427. The van der Waals surface area contributed by atoms with Gasteiger partial charge in [0.15, 0.2) is 11.2 Å². The number of hydrogen-bond acceptors (Lipinski definition) is 5. The molecule has 8 nitrogen and oxygen atoms in total. The van der Waals surface area contributed by atoms with E-state index in [0.717, 1.165) is 10.1 Å². The van der Waals surface area contributed by atoms with Crippen molar-refractivity contribution in [2.24, 2.45) is 14.1 Å². The van der Waals surface area contributed by atoms with E-state index < -0.39 is 17.4 Å². The molecule has 3 aromatic rings. The van der Waals surface area contributed by atoms with Crippen molar-refractivity contribution < 1.29 is 5.11 Å². The van der Waals surface area contributed by atoms with Gasteiger partial charge in [-0.15, -0.1) is 0 Å². The van der Waals surface area contributed by atoms with Crippen LogP contribution in [0.1, 0.15) is 12.5 Å². The minimum Gasteiger partial charge on any atom is -0.392 e. The second kappa shape index (κ2) is 6.56. The molecule has 2 N–H and O–H groups in total. The fourth-order valence-corrected chi connectivity index (χ4v) is 2.80. The van der Waals surface area contributed by atoms with Gasteiger partial charge in [-0.05, 0) is 12.5 Å². The summed E-state index contributed by atoms with van der Waals surface area (Å²) in [5.41, 5.74) is 0.776. The molecule has 0 aliphatic rings. The Bertz CT molecular complexity index is 1010. The second-order valence-electron chi connectivity index (χ2n) is 6.11. The van der Waals surface area contributed by atoms with Crippen molar-refractivity contribution in [3.63, 3.8) is 0 Å². The highest BCUT2D eigenvalue weighted by atomic mass is 16.3. The number of hydrogen-bond donors (Lipinski definition) is 2. The summed E-state index contributed by atoms with van der Waals surface area (Å²) in [6.45, 7) is 2.35. The van der Waals surface area contributed by atoms with Gasteiger partial charge in [0.1, 0.15) is 0 Å². The molecule has 0 fully saturated rings. The quantitative estimate of drug-likeness (QED) is 0.700. The van der Waals surface area contributed by atoms with Crippen molar-refractivity contribution in [1.29, 1.82) is 0 Å². The zero-order chi connectivity index (χ0) is 18.1. The van der Waals surface area contributed by atoms with Crippen LogP contribution in [0.2, 0.25) is 0 Å². The Labute approximate surface area is 144 Å². The van der Waals surface area contributed by atoms with Gasteiger partial charge in [0.25, 0.3) is 5.56 Å². The zero-order valence-corrected chi connectivity index (χ0v) is 14.4. The van der Waals surface area contributed by atoms with Gasteiger partial charge in [0.2, 0.25) is 5.95 Å². The van der Waals surface area contributed by atoms with E-state index in [4.69, 9.17) is 0 Å². The number of aromatic nitrogens is 4. The van der Waals surface area contributed by atoms with E-state index >= 15 is 0 Å². The van der Waals surface area contributed by atoms with Gasteiger partial charge in [0.05, 0.1) is 12.6 Å². The first kappa shape index (κ1) is 17.0. The predicted molar refractivity (Wildman–Crippen MR) is 95.7 cm³/mol. The molecule has 2 heterocycles. The lowest BCUT2D eigenvalue weighted by atomic mass is 10.2. The zero-order valence-electron chi connectivity index (χ0n) is 14.4. The second-order valence-corrected chi connectivity index (χ2v) is 6.11. The molecule has 0 spiro atoms. The molecule has 132 valence electrons. The molecule has 8 heteroatoms. The molecule has 0 aliphatic heterocycles. The van der Waals surface area contributed by atoms with Crippen LogP contribution in [0.4, 0.5) is 5.95 Å². The van der Waals surface area contributed by atoms with Gasteiger partial charge in [-0.1, -0.05) is 30.3 Å². The molecular formula is C17H21N5O3. The summed E-state index contributed by atoms with van der Waals surface area (Å²) < 4.78 is 4.01. The van der Waals surface area contributed by atoms with Gasteiger partial charge in [0, 0.05) is 20.6 Å². The van der Waals surface area contributed by atoms with Gasteiger partial charge in [-0.25, -0.2) is 4.79 Å². The smallest absolute Gasteiger partial charge is 0.332 e. The number of aryl methyl sites for hydroxylation is 1. The average Bonchev–Trinajstić information content (AvgIpc) is 2.95. The summed E-state index contributed by atoms with van der Waals surface area (Å²) in [6, 6.07) is 9.77. The van der Waals surface area contributed by atoms with E-state index in [0.29, 0.717) is 23.7 Å². The summed E-state index contributed by atoms with van der Waals surface area (Å²) in [7, 11) is 3.01. The Morgan fingerprint density at radius 3 is 2.48 bits per heavy atom. The van der Waals surface area contributed by atoms with Crippen LogP contribution in [0.25, 0.3) is 11.2 Å². The number of rotatable bonds is 5. The van der Waals surface area contributed by atoms with Crippen LogP contribution in [0.5, 0.6) is 0 Å². The van der Waals surface area contributed by atoms with Gasteiger partial charge in [-0.2, -0.15) is 4.98 Å². The van der Waals surface area contributed by atoms with Crippen LogP contribution < -0.4 is 16.6 Å². The molecule has 0 saturated carbocycles. The number of aliphatic hydroxyl groups excluding tert-OH is 1.